The molecule has 0 amide bonds. The lowest BCUT2D eigenvalue weighted by Crippen LogP contribution is -2.01. The summed E-state index contributed by atoms with van der Waals surface area (Å²) in [6.45, 7) is 7.99. The number of hydrogen-bond acceptors (Lipinski definition) is 6. The van der Waals surface area contributed by atoms with Gasteiger partial charge in [0.25, 0.3) is 0 Å². The average molecular weight is 391 g/mol. The fourth-order valence-corrected chi connectivity index (χ4v) is 1.06. The van der Waals surface area contributed by atoms with Crippen molar-refractivity contribution in [3.63, 3.8) is 0 Å². The quantitative estimate of drug-likeness (QED) is 0.484. The molecule has 0 saturated carbocycles. The third-order valence-corrected chi connectivity index (χ3v) is 1.99. The van der Waals surface area contributed by atoms with E-state index >= 15 is 0 Å². The molecule has 0 saturated heterocycles. The Balaban J connectivity index is 0.000000354. The van der Waals surface area contributed by atoms with Gasteiger partial charge in [-0.15, -0.1) is 5.10 Å². The Morgan fingerprint density at radius 1 is 1.17 bits per heavy atom. The summed E-state index contributed by atoms with van der Waals surface area (Å²) in [4.78, 5) is 19.6. The zero-order valence-corrected chi connectivity index (χ0v) is 14.8. The van der Waals surface area contributed by atoms with Crippen LogP contribution in [0.1, 0.15) is 33.7 Å². The number of rotatable bonds is 3. The lowest BCUT2D eigenvalue weighted by molar-refractivity contribution is -0.389. The minimum absolute atomic E-state index is 0.0787. The minimum Gasteiger partial charge on any atom is -0.358 e. The molecular formula is C12H19BrN6O4. The molecule has 2 aromatic heterocycles. The van der Waals surface area contributed by atoms with Crippen molar-refractivity contribution in [1.29, 1.82) is 0 Å². The predicted molar refractivity (Wildman–Crippen MR) is 88.6 cm³/mol. The maximum Gasteiger partial charge on any atom is 0.389 e. The first-order chi connectivity index (χ1) is 10.6. The van der Waals surface area contributed by atoms with E-state index in [1.807, 2.05) is 13.8 Å². The topological polar surface area (TPSA) is 133 Å². The van der Waals surface area contributed by atoms with Gasteiger partial charge in [-0.3, -0.25) is 0 Å². The van der Waals surface area contributed by atoms with E-state index in [0.29, 0.717) is 4.83 Å². The van der Waals surface area contributed by atoms with Crippen LogP contribution in [0.5, 0.6) is 0 Å². The van der Waals surface area contributed by atoms with Crippen LogP contribution in [0.4, 0.5) is 11.6 Å². The van der Waals surface area contributed by atoms with Gasteiger partial charge < -0.3 is 20.2 Å². The Morgan fingerprint density at radius 3 is 1.96 bits per heavy atom. The molecule has 0 aliphatic rings. The van der Waals surface area contributed by atoms with Gasteiger partial charge in [0, 0.05) is 4.83 Å². The molecule has 23 heavy (non-hydrogen) atoms. The number of aromatic amines is 1. The molecule has 0 atom stereocenters. The molecule has 0 bridgehead atoms. The van der Waals surface area contributed by atoms with E-state index in [2.05, 4.69) is 45.1 Å². The first kappa shape index (κ1) is 20.7. The average Bonchev–Trinajstić information content (AvgIpc) is 3.11. The lowest BCUT2D eigenvalue weighted by Gasteiger charge is -1.96. The number of nitrogens with one attached hydrogen (secondary N) is 1. The predicted octanol–water partition coefficient (Wildman–Crippen LogP) is 3.48. The third-order valence-electron chi connectivity index (χ3n) is 1.99. The van der Waals surface area contributed by atoms with Crippen LogP contribution in [-0.2, 0) is 0 Å². The summed E-state index contributed by atoms with van der Waals surface area (Å²) in [6, 6.07) is 2.85. The van der Waals surface area contributed by atoms with Gasteiger partial charge in [0.05, 0.1) is 35.7 Å². The largest absolute Gasteiger partial charge is 0.389 e. The van der Waals surface area contributed by atoms with Crippen LogP contribution < -0.4 is 0 Å². The highest BCUT2D eigenvalue weighted by Crippen LogP contribution is 2.09. The van der Waals surface area contributed by atoms with Crippen LogP contribution in [-0.4, -0.2) is 34.7 Å². The molecule has 0 spiro atoms. The van der Waals surface area contributed by atoms with Crippen LogP contribution in [0.3, 0.4) is 0 Å². The van der Waals surface area contributed by atoms with Gasteiger partial charge in [-0.2, -0.15) is 4.68 Å². The summed E-state index contributed by atoms with van der Waals surface area (Å²) in [5.41, 5.74) is 0. The van der Waals surface area contributed by atoms with Crippen LogP contribution >= 0.6 is 15.9 Å². The number of H-pyrrole nitrogens is 1. The van der Waals surface area contributed by atoms with Crippen molar-refractivity contribution in [1.82, 2.24) is 20.0 Å². The number of aromatic nitrogens is 4. The molecule has 0 radical (unpaired) electrons. The van der Waals surface area contributed by atoms with Crippen LogP contribution in [0.2, 0.25) is 0 Å². The van der Waals surface area contributed by atoms with Crippen molar-refractivity contribution in [3.8, 4) is 0 Å². The van der Waals surface area contributed by atoms with Crippen molar-refractivity contribution in [2.75, 3.05) is 0 Å². The van der Waals surface area contributed by atoms with E-state index in [1.165, 1.54) is 18.3 Å². The maximum atomic E-state index is 10.2. The van der Waals surface area contributed by atoms with Gasteiger partial charge in [0.1, 0.15) is 0 Å². The molecule has 0 unspecified atom stereocenters. The summed E-state index contributed by atoms with van der Waals surface area (Å²) < 4.78 is 1.55. The van der Waals surface area contributed by atoms with Crippen molar-refractivity contribution in [2.45, 2.75) is 38.6 Å². The van der Waals surface area contributed by atoms with E-state index in [0.717, 1.165) is 0 Å². The van der Waals surface area contributed by atoms with Gasteiger partial charge in [-0.1, -0.05) is 34.9 Å². The zero-order valence-electron chi connectivity index (χ0n) is 13.2. The van der Waals surface area contributed by atoms with Crippen molar-refractivity contribution >= 4 is 27.6 Å². The second kappa shape index (κ2) is 10.4. The summed E-state index contributed by atoms with van der Waals surface area (Å²) >= 11 is 3.27. The standard InChI is InChI=1S/C6H9N3O2.C3H7Br.C3H3N3O2/c1-5(2)8-4-3-6(7-8)9(10)11;1-3(2)4;7-6(8)3-1-2-4-5-3/h3-5H,1-2H3;3H,1-2H3;1-2H,(H,4,5). The fourth-order valence-electron chi connectivity index (χ4n) is 1.06. The number of nitro groups is 2. The second-order valence-electron chi connectivity index (χ2n) is 4.72. The zero-order chi connectivity index (χ0) is 18.0. The first-order valence-corrected chi connectivity index (χ1v) is 7.54. The monoisotopic (exact) mass is 390 g/mol. The van der Waals surface area contributed by atoms with Crippen LogP contribution in [0.25, 0.3) is 0 Å². The van der Waals surface area contributed by atoms with Crippen molar-refractivity contribution < 1.29 is 9.85 Å². The van der Waals surface area contributed by atoms with E-state index in [1.54, 1.807) is 10.9 Å². The minimum atomic E-state index is -0.535. The molecule has 0 aromatic carbocycles. The van der Waals surface area contributed by atoms with Crippen molar-refractivity contribution in [3.05, 3.63) is 44.8 Å². The Labute approximate surface area is 141 Å². The second-order valence-corrected chi connectivity index (χ2v) is 6.55. The molecule has 1 N–H and O–H groups in total. The molecule has 0 aliphatic carbocycles. The Bertz CT molecular complexity index is 594. The number of alkyl halides is 1. The normalized spacial score (nSPS) is 9.70. The molecule has 2 rings (SSSR count). The van der Waals surface area contributed by atoms with Gasteiger partial charge in [0.2, 0.25) is 0 Å². The number of hydrogen-bond donors (Lipinski definition) is 1. The highest BCUT2D eigenvalue weighted by atomic mass is 79.9. The molecular weight excluding hydrogens is 372 g/mol. The molecule has 2 aromatic rings. The van der Waals surface area contributed by atoms with E-state index in [-0.39, 0.29) is 17.7 Å². The number of halogens is 1. The summed E-state index contributed by atoms with van der Waals surface area (Å²) in [7, 11) is 0. The van der Waals surface area contributed by atoms with Crippen molar-refractivity contribution in [2.24, 2.45) is 0 Å². The maximum absolute atomic E-state index is 10.2. The highest BCUT2D eigenvalue weighted by molar-refractivity contribution is 9.09. The number of nitrogens with zero attached hydrogens (tertiary/aromatic N) is 5. The van der Waals surface area contributed by atoms with Gasteiger partial charge >= 0.3 is 11.6 Å². The Kier molecular flexibility index (Phi) is 9.39. The molecule has 11 heteroatoms. The van der Waals surface area contributed by atoms with E-state index < -0.39 is 9.85 Å². The van der Waals surface area contributed by atoms with Gasteiger partial charge in [-0.25, -0.2) is 0 Å². The fraction of sp³-hybridized carbons (Fsp3) is 0.500. The Hall–Kier alpha value is -2.30. The Morgan fingerprint density at radius 2 is 1.74 bits per heavy atom. The van der Waals surface area contributed by atoms with Gasteiger partial charge in [0.15, 0.2) is 0 Å². The van der Waals surface area contributed by atoms with E-state index in [4.69, 9.17) is 0 Å². The molecule has 2 heterocycles. The lowest BCUT2D eigenvalue weighted by atomic mass is 10.4. The highest BCUT2D eigenvalue weighted by Gasteiger charge is 2.11. The summed E-state index contributed by atoms with van der Waals surface area (Å²) in [6.07, 6.45) is 2.93. The molecule has 0 fully saturated rings. The van der Waals surface area contributed by atoms with Gasteiger partial charge in [-0.05, 0) is 23.7 Å². The third kappa shape index (κ3) is 9.34. The van der Waals surface area contributed by atoms with E-state index in [9.17, 15) is 20.2 Å². The van der Waals surface area contributed by atoms with Crippen LogP contribution in [0, 0.1) is 20.2 Å². The summed E-state index contributed by atoms with van der Waals surface area (Å²) in [5, 5.41) is 29.3. The first-order valence-electron chi connectivity index (χ1n) is 6.62. The van der Waals surface area contributed by atoms with Crippen LogP contribution in [0.15, 0.2) is 24.5 Å². The molecule has 0 aliphatic heterocycles. The molecule has 128 valence electrons. The smallest absolute Gasteiger partial charge is 0.358 e. The summed E-state index contributed by atoms with van der Waals surface area (Å²) in [5.74, 6) is -0.177. The molecule has 10 nitrogen and oxygen atoms in total. The SMILES string of the molecule is CC(C)Br.CC(C)n1ccc([N+](=O)[O-])n1.O=[N+]([O-])c1ccn[nH]1.